The first-order valence-electron chi connectivity index (χ1n) is 7.08. The molecule has 0 atom stereocenters. The second-order valence-corrected chi connectivity index (χ2v) is 4.84. The van der Waals surface area contributed by atoms with Crippen molar-refractivity contribution in [3.05, 3.63) is 59.2 Å². The number of hydrogen-bond donors (Lipinski definition) is 0. The Labute approximate surface area is 121 Å². The summed E-state index contributed by atoms with van der Waals surface area (Å²) in [5.74, 6) is 1.63. The van der Waals surface area contributed by atoms with Crippen LogP contribution in [0.3, 0.4) is 0 Å². The fraction of sp³-hybridized carbons (Fsp3) is 0.333. The van der Waals surface area contributed by atoms with E-state index in [0.717, 1.165) is 24.3 Å². The van der Waals surface area contributed by atoms with Gasteiger partial charge in [-0.2, -0.15) is 0 Å². The van der Waals surface area contributed by atoms with Crippen LogP contribution in [0.25, 0.3) is 0 Å². The van der Waals surface area contributed by atoms with E-state index in [2.05, 4.69) is 43.3 Å². The van der Waals surface area contributed by atoms with E-state index < -0.39 is 0 Å². The van der Waals surface area contributed by atoms with Crippen LogP contribution in [-0.4, -0.2) is 13.7 Å². The minimum Gasteiger partial charge on any atom is -0.493 e. The zero-order chi connectivity index (χ0) is 14.4. The van der Waals surface area contributed by atoms with Crippen LogP contribution in [0.4, 0.5) is 0 Å². The van der Waals surface area contributed by atoms with Gasteiger partial charge in [-0.1, -0.05) is 30.3 Å². The first-order valence-corrected chi connectivity index (χ1v) is 7.08. The fourth-order valence-corrected chi connectivity index (χ4v) is 2.31. The molecule has 0 aliphatic carbocycles. The number of methoxy groups -OCH3 is 1. The highest BCUT2D eigenvalue weighted by atomic mass is 16.5. The van der Waals surface area contributed by atoms with Crippen LogP contribution in [-0.2, 0) is 12.8 Å². The minimum atomic E-state index is 0.652. The molecular formula is C18H22O2. The molecule has 0 heterocycles. The zero-order valence-electron chi connectivity index (χ0n) is 12.5. The predicted octanol–water partition coefficient (Wildman–Crippen LogP) is 4.19. The largest absolute Gasteiger partial charge is 0.493 e. The van der Waals surface area contributed by atoms with Crippen LogP contribution in [0.2, 0.25) is 0 Å². The van der Waals surface area contributed by atoms with Crippen molar-refractivity contribution < 1.29 is 9.47 Å². The van der Waals surface area contributed by atoms with Crippen LogP contribution < -0.4 is 9.47 Å². The van der Waals surface area contributed by atoms with Crippen LogP contribution >= 0.6 is 0 Å². The molecule has 0 aliphatic rings. The number of hydrogen-bond acceptors (Lipinski definition) is 2. The Morgan fingerprint density at radius 1 is 0.950 bits per heavy atom. The molecule has 106 valence electrons. The third-order valence-corrected chi connectivity index (χ3v) is 3.47. The van der Waals surface area contributed by atoms with Gasteiger partial charge < -0.3 is 9.47 Å². The van der Waals surface area contributed by atoms with E-state index in [4.69, 9.17) is 9.47 Å². The van der Waals surface area contributed by atoms with E-state index in [9.17, 15) is 0 Å². The molecule has 2 aromatic rings. The predicted molar refractivity (Wildman–Crippen MR) is 82.8 cm³/mol. The summed E-state index contributed by atoms with van der Waals surface area (Å²) in [6.45, 7) is 4.79. The third kappa shape index (κ3) is 3.53. The smallest absolute Gasteiger partial charge is 0.161 e. The summed E-state index contributed by atoms with van der Waals surface area (Å²) in [5, 5.41) is 0. The maximum atomic E-state index is 5.54. The average Bonchev–Trinajstić information content (AvgIpc) is 2.48. The summed E-state index contributed by atoms with van der Waals surface area (Å²) in [6.07, 6.45) is 2.05. The molecule has 2 rings (SSSR count). The molecule has 0 aromatic heterocycles. The lowest BCUT2D eigenvalue weighted by Crippen LogP contribution is -1.98. The summed E-state index contributed by atoms with van der Waals surface area (Å²) in [4.78, 5) is 0. The lowest BCUT2D eigenvalue weighted by Gasteiger charge is -2.11. The SMILES string of the molecule is CCOc1ccc(CCc2ccccc2C)cc1OC. The molecule has 0 bridgehead atoms. The Balaban J connectivity index is 2.08. The van der Waals surface area contributed by atoms with E-state index in [1.807, 2.05) is 13.0 Å². The Morgan fingerprint density at radius 2 is 1.75 bits per heavy atom. The summed E-state index contributed by atoms with van der Waals surface area (Å²) in [7, 11) is 1.68. The van der Waals surface area contributed by atoms with Crippen molar-refractivity contribution in [2.24, 2.45) is 0 Å². The van der Waals surface area contributed by atoms with Crippen LogP contribution in [0.1, 0.15) is 23.6 Å². The van der Waals surface area contributed by atoms with Crippen molar-refractivity contribution in [3.8, 4) is 11.5 Å². The molecule has 0 amide bonds. The number of aryl methyl sites for hydroxylation is 3. The van der Waals surface area contributed by atoms with Gasteiger partial charge in [0.05, 0.1) is 13.7 Å². The van der Waals surface area contributed by atoms with Gasteiger partial charge >= 0.3 is 0 Å². The summed E-state index contributed by atoms with van der Waals surface area (Å²) < 4.78 is 10.9. The quantitative estimate of drug-likeness (QED) is 0.783. The monoisotopic (exact) mass is 270 g/mol. The lowest BCUT2D eigenvalue weighted by molar-refractivity contribution is 0.310. The van der Waals surface area contributed by atoms with Gasteiger partial charge in [-0.25, -0.2) is 0 Å². The first-order chi connectivity index (χ1) is 9.74. The van der Waals surface area contributed by atoms with Crippen molar-refractivity contribution in [1.82, 2.24) is 0 Å². The van der Waals surface area contributed by atoms with Crippen LogP contribution in [0.15, 0.2) is 42.5 Å². The number of benzene rings is 2. The Bertz CT molecular complexity index is 561. The average molecular weight is 270 g/mol. The van der Waals surface area contributed by atoms with Gasteiger partial charge in [-0.3, -0.25) is 0 Å². The van der Waals surface area contributed by atoms with Gasteiger partial charge in [-0.15, -0.1) is 0 Å². The Morgan fingerprint density at radius 3 is 2.45 bits per heavy atom. The molecule has 0 unspecified atom stereocenters. The van der Waals surface area contributed by atoms with Gasteiger partial charge in [-0.05, 0) is 55.5 Å². The molecule has 0 aliphatic heterocycles. The third-order valence-electron chi connectivity index (χ3n) is 3.47. The molecule has 20 heavy (non-hydrogen) atoms. The molecule has 0 saturated carbocycles. The highest BCUT2D eigenvalue weighted by molar-refractivity contribution is 5.43. The normalized spacial score (nSPS) is 10.3. The van der Waals surface area contributed by atoms with E-state index >= 15 is 0 Å². The van der Waals surface area contributed by atoms with E-state index in [1.54, 1.807) is 7.11 Å². The van der Waals surface area contributed by atoms with E-state index in [1.165, 1.54) is 16.7 Å². The van der Waals surface area contributed by atoms with Gasteiger partial charge in [0.25, 0.3) is 0 Å². The molecule has 2 aromatic carbocycles. The summed E-state index contributed by atoms with van der Waals surface area (Å²) in [6, 6.07) is 14.7. The van der Waals surface area contributed by atoms with E-state index in [-0.39, 0.29) is 0 Å². The van der Waals surface area contributed by atoms with E-state index in [0.29, 0.717) is 6.61 Å². The van der Waals surface area contributed by atoms with Gasteiger partial charge in [0.1, 0.15) is 0 Å². The van der Waals surface area contributed by atoms with Crippen LogP contribution in [0, 0.1) is 6.92 Å². The molecule has 0 N–H and O–H groups in total. The minimum absolute atomic E-state index is 0.652. The van der Waals surface area contributed by atoms with Gasteiger partial charge in [0.15, 0.2) is 11.5 Å². The van der Waals surface area contributed by atoms with Crippen molar-refractivity contribution in [1.29, 1.82) is 0 Å². The number of rotatable bonds is 6. The molecule has 0 fully saturated rings. The summed E-state index contributed by atoms with van der Waals surface area (Å²) in [5.41, 5.74) is 4.03. The highest BCUT2D eigenvalue weighted by Gasteiger charge is 2.06. The maximum absolute atomic E-state index is 5.54. The fourth-order valence-electron chi connectivity index (χ4n) is 2.31. The summed E-state index contributed by atoms with van der Waals surface area (Å²) >= 11 is 0. The van der Waals surface area contributed by atoms with Crippen molar-refractivity contribution in [2.45, 2.75) is 26.7 Å². The van der Waals surface area contributed by atoms with Gasteiger partial charge in [0, 0.05) is 0 Å². The molecule has 2 nitrogen and oxygen atoms in total. The molecule has 0 saturated heterocycles. The first kappa shape index (κ1) is 14.4. The second kappa shape index (κ2) is 6.99. The van der Waals surface area contributed by atoms with Crippen molar-refractivity contribution in [3.63, 3.8) is 0 Å². The zero-order valence-corrected chi connectivity index (χ0v) is 12.5. The Hall–Kier alpha value is -1.96. The molecular weight excluding hydrogens is 248 g/mol. The van der Waals surface area contributed by atoms with Crippen molar-refractivity contribution >= 4 is 0 Å². The lowest BCUT2D eigenvalue weighted by atomic mass is 10.0. The van der Waals surface area contributed by atoms with Crippen molar-refractivity contribution in [2.75, 3.05) is 13.7 Å². The Kier molecular flexibility index (Phi) is 5.05. The molecule has 2 heteroatoms. The second-order valence-electron chi connectivity index (χ2n) is 4.84. The number of ether oxygens (including phenoxy) is 2. The molecule has 0 spiro atoms. The standard InChI is InChI=1S/C18H22O2/c1-4-20-17-12-10-15(13-18(17)19-3)9-11-16-8-6-5-7-14(16)2/h5-8,10,12-13H,4,9,11H2,1-3H3. The topological polar surface area (TPSA) is 18.5 Å². The van der Waals surface area contributed by atoms with Gasteiger partial charge in [0.2, 0.25) is 0 Å². The maximum Gasteiger partial charge on any atom is 0.161 e. The highest BCUT2D eigenvalue weighted by Crippen LogP contribution is 2.28. The molecule has 0 radical (unpaired) electrons. The van der Waals surface area contributed by atoms with Crippen LogP contribution in [0.5, 0.6) is 11.5 Å².